The Labute approximate surface area is 154 Å². The molecular formula is C22H38O3. The maximum atomic E-state index is 6.75. The van der Waals surface area contributed by atoms with Crippen molar-refractivity contribution in [2.75, 3.05) is 0 Å². The highest BCUT2D eigenvalue weighted by atomic mass is 16.6. The number of ether oxygens (including phenoxy) is 3. The molecule has 0 bridgehead atoms. The standard InChI is InChI=1S/C22H38O3/c1-3-5-17(11-15-7-9-19-21(13-15)24-19)23-18(6-4-2)12-16-8-10-20-22(14-16)25-20/h15-22H,3-14H2,1-2H3. The summed E-state index contributed by atoms with van der Waals surface area (Å²) in [7, 11) is 0. The van der Waals surface area contributed by atoms with E-state index >= 15 is 0 Å². The minimum absolute atomic E-state index is 0.468. The first-order chi connectivity index (χ1) is 12.2. The Kier molecular flexibility index (Phi) is 6.04. The SMILES string of the molecule is CCCC(CC1CCC2OC2C1)OC(CCC)CC1CCC2OC2C1. The van der Waals surface area contributed by atoms with Crippen LogP contribution >= 0.6 is 0 Å². The first kappa shape index (κ1) is 18.3. The molecule has 2 heterocycles. The van der Waals surface area contributed by atoms with Crippen LogP contribution in [0.25, 0.3) is 0 Å². The van der Waals surface area contributed by atoms with E-state index in [2.05, 4.69) is 13.8 Å². The van der Waals surface area contributed by atoms with Crippen LogP contribution in [0, 0.1) is 11.8 Å². The van der Waals surface area contributed by atoms with Crippen LogP contribution in [0.2, 0.25) is 0 Å². The summed E-state index contributed by atoms with van der Waals surface area (Å²) in [5.74, 6) is 1.66. The fourth-order valence-electron chi connectivity index (χ4n) is 5.54. The third-order valence-electron chi connectivity index (χ3n) is 7.02. The molecule has 3 heteroatoms. The minimum atomic E-state index is 0.468. The molecule has 2 saturated carbocycles. The Morgan fingerprint density at radius 3 is 1.60 bits per heavy atom. The minimum Gasteiger partial charge on any atom is -0.375 e. The highest BCUT2D eigenvalue weighted by Crippen LogP contribution is 2.43. The molecule has 4 rings (SSSR count). The van der Waals surface area contributed by atoms with Gasteiger partial charge in [0.1, 0.15) is 0 Å². The average Bonchev–Trinajstić information content (AvgIpc) is 3.49. The summed E-state index contributed by atoms with van der Waals surface area (Å²) in [6.45, 7) is 4.61. The zero-order chi connectivity index (χ0) is 17.2. The zero-order valence-electron chi connectivity index (χ0n) is 16.3. The van der Waals surface area contributed by atoms with Gasteiger partial charge in [0.25, 0.3) is 0 Å². The number of hydrogen-bond acceptors (Lipinski definition) is 3. The zero-order valence-corrected chi connectivity index (χ0v) is 16.3. The van der Waals surface area contributed by atoms with Gasteiger partial charge in [-0.3, -0.25) is 0 Å². The third kappa shape index (κ3) is 4.99. The summed E-state index contributed by atoms with van der Waals surface area (Å²) in [4.78, 5) is 0. The Morgan fingerprint density at radius 1 is 0.720 bits per heavy atom. The third-order valence-corrected chi connectivity index (χ3v) is 7.02. The first-order valence-electron chi connectivity index (χ1n) is 11.2. The van der Waals surface area contributed by atoms with Crippen molar-refractivity contribution in [3.05, 3.63) is 0 Å². The van der Waals surface area contributed by atoms with E-state index in [-0.39, 0.29) is 0 Å². The largest absolute Gasteiger partial charge is 0.375 e. The molecule has 0 aromatic carbocycles. The summed E-state index contributed by atoms with van der Waals surface area (Å²) < 4.78 is 18.2. The van der Waals surface area contributed by atoms with Crippen molar-refractivity contribution in [1.82, 2.24) is 0 Å². The summed E-state index contributed by atoms with van der Waals surface area (Å²) in [6.07, 6.45) is 18.7. The van der Waals surface area contributed by atoms with Crippen LogP contribution in [0.5, 0.6) is 0 Å². The summed E-state index contributed by atoms with van der Waals surface area (Å²) in [6, 6.07) is 0. The molecule has 2 saturated heterocycles. The second-order valence-corrected chi connectivity index (χ2v) is 9.21. The van der Waals surface area contributed by atoms with Crippen molar-refractivity contribution in [3.8, 4) is 0 Å². The molecule has 3 nitrogen and oxygen atoms in total. The average molecular weight is 351 g/mol. The first-order valence-corrected chi connectivity index (χ1v) is 11.2. The summed E-state index contributed by atoms with van der Waals surface area (Å²) in [5, 5.41) is 0. The molecule has 0 aromatic rings. The lowest BCUT2D eigenvalue weighted by Gasteiger charge is -2.31. The van der Waals surface area contributed by atoms with Gasteiger partial charge in [-0.1, -0.05) is 26.7 Å². The molecule has 2 aliphatic heterocycles. The van der Waals surface area contributed by atoms with E-state index in [1.807, 2.05) is 0 Å². The molecule has 8 unspecified atom stereocenters. The number of fused-ring (bicyclic) bond motifs is 2. The summed E-state index contributed by atoms with van der Waals surface area (Å²) >= 11 is 0. The Bertz CT molecular complexity index is 387. The maximum absolute atomic E-state index is 6.75. The van der Waals surface area contributed by atoms with Crippen LogP contribution in [0.15, 0.2) is 0 Å². The van der Waals surface area contributed by atoms with E-state index in [9.17, 15) is 0 Å². The molecule has 0 N–H and O–H groups in total. The Hall–Kier alpha value is -0.120. The number of hydrogen-bond donors (Lipinski definition) is 0. The van der Waals surface area contributed by atoms with Crippen LogP contribution in [-0.4, -0.2) is 36.6 Å². The van der Waals surface area contributed by atoms with Crippen LogP contribution in [-0.2, 0) is 14.2 Å². The number of rotatable bonds is 10. The molecular weight excluding hydrogens is 312 g/mol. The van der Waals surface area contributed by atoms with Crippen LogP contribution in [0.1, 0.15) is 90.9 Å². The van der Waals surface area contributed by atoms with E-state index in [4.69, 9.17) is 14.2 Å². The van der Waals surface area contributed by atoms with Crippen LogP contribution in [0.4, 0.5) is 0 Å². The van der Waals surface area contributed by atoms with Gasteiger partial charge in [0.2, 0.25) is 0 Å². The van der Waals surface area contributed by atoms with Crippen molar-refractivity contribution in [2.24, 2.45) is 11.8 Å². The molecule has 0 amide bonds. The van der Waals surface area contributed by atoms with Crippen molar-refractivity contribution < 1.29 is 14.2 Å². The quantitative estimate of drug-likeness (QED) is 0.504. The molecule has 0 radical (unpaired) electrons. The van der Waals surface area contributed by atoms with E-state index in [1.54, 1.807) is 0 Å². The van der Waals surface area contributed by atoms with Crippen molar-refractivity contribution in [1.29, 1.82) is 0 Å². The maximum Gasteiger partial charge on any atom is 0.0844 e. The van der Waals surface area contributed by atoms with E-state index in [0.717, 1.165) is 11.8 Å². The lowest BCUT2D eigenvalue weighted by Crippen LogP contribution is -2.29. The fourth-order valence-corrected chi connectivity index (χ4v) is 5.54. The van der Waals surface area contributed by atoms with Gasteiger partial charge in [-0.05, 0) is 76.0 Å². The van der Waals surface area contributed by atoms with Crippen LogP contribution < -0.4 is 0 Å². The molecule has 25 heavy (non-hydrogen) atoms. The molecule has 2 aliphatic carbocycles. The highest BCUT2D eigenvalue weighted by molar-refractivity contribution is 4.93. The van der Waals surface area contributed by atoms with E-state index in [0.29, 0.717) is 36.6 Å². The van der Waals surface area contributed by atoms with Gasteiger partial charge in [-0.25, -0.2) is 0 Å². The van der Waals surface area contributed by atoms with Crippen molar-refractivity contribution in [3.63, 3.8) is 0 Å². The lowest BCUT2D eigenvalue weighted by molar-refractivity contribution is -0.0459. The van der Waals surface area contributed by atoms with Gasteiger partial charge in [0.15, 0.2) is 0 Å². The molecule has 4 aliphatic rings. The Morgan fingerprint density at radius 2 is 1.20 bits per heavy atom. The van der Waals surface area contributed by atoms with Gasteiger partial charge in [-0.15, -0.1) is 0 Å². The van der Waals surface area contributed by atoms with Crippen LogP contribution in [0.3, 0.4) is 0 Å². The Balaban J connectivity index is 1.27. The second kappa shape index (κ2) is 8.27. The van der Waals surface area contributed by atoms with E-state index in [1.165, 1.54) is 77.0 Å². The number of epoxide rings is 2. The van der Waals surface area contributed by atoms with Gasteiger partial charge in [0.05, 0.1) is 36.6 Å². The van der Waals surface area contributed by atoms with Gasteiger partial charge < -0.3 is 14.2 Å². The van der Waals surface area contributed by atoms with Gasteiger partial charge in [0, 0.05) is 0 Å². The van der Waals surface area contributed by atoms with E-state index < -0.39 is 0 Å². The predicted molar refractivity (Wildman–Crippen MR) is 99.7 cm³/mol. The van der Waals surface area contributed by atoms with Gasteiger partial charge >= 0.3 is 0 Å². The highest BCUT2D eigenvalue weighted by Gasteiger charge is 2.45. The predicted octanol–water partition coefficient (Wildman–Crippen LogP) is 5.26. The molecule has 4 fully saturated rings. The molecule has 144 valence electrons. The topological polar surface area (TPSA) is 34.3 Å². The van der Waals surface area contributed by atoms with Gasteiger partial charge in [-0.2, -0.15) is 0 Å². The lowest BCUT2D eigenvalue weighted by atomic mass is 9.83. The molecule has 8 atom stereocenters. The van der Waals surface area contributed by atoms with Crippen molar-refractivity contribution >= 4 is 0 Å². The smallest absolute Gasteiger partial charge is 0.0844 e. The second-order valence-electron chi connectivity index (χ2n) is 9.21. The van der Waals surface area contributed by atoms with Crippen molar-refractivity contribution in [2.45, 2.75) is 128 Å². The molecule has 0 aromatic heterocycles. The fraction of sp³-hybridized carbons (Fsp3) is 1.00. The summed E-state index contributed by atoms with van der Waals surface area (Å²) in [5.41, 5.74) is 0. The monoisotopic (exact) mass is 350 g/mol. The normalized spacial score (nSPS) is 41.5. The molecule has 0 spiro atoms.